The molecule has 28 heavy (non-hydrogen) atoms. The first-order chi connectivity index (χ1) is 13.7. The maximum Gasteiger partial charge on any atom is 0.322 e. The number of urea groups is 1. The number of carbonyl (C=O) groups excluding carboxylic acids is 1. The molecule has 0 spiro atoms. The van der Waals surface area contributed by atoms with Gasteiger partial charge < -0.3 is 15.0 Å². The van der Waals surface area contributed by atoms with E-state index in [0.717, 1.165) is 43.4 Å². The smallest absolute Gasteiger partial charge is 0.322 e. The molecule has 1 aromatic carbocycles. The molecular formula is C23H31N3O2. The average molecular weight is 382 g/mol. The topological polar surface area (TPSA) is 44.8 Å². The number of likely N-dealkylation sites (tertiary alicyclic amines) is 1. The number of hydrogen-bond acceptors (Lipinski definition) is 3. The van der Waals surface area contributed by atoms with E-state index in [1.807, 2.05) is 24.3 Å². The van der Waals surface area contributed by atoms with Crippen LogP contribution in [0.2, 0.25) is 0 Å². The zero-order valence-electron chi connectivity index (χ0n) is 16.8. The predicted octanol–water partition coefficient (Wildman–Crippen LogP) is 4.12. The Balaban J connectivity index is 1.35. The fraction of sp³-hybridized carbons (Fsp3) is 0.609. The van der Waals surface area contributed by atoms with Gasteiger partial charge in [0.05, 0.1) is 13.2 Å². The molecule has 0 aromatic heterocycles. The number of benzene rings is 1. The molecule has 1 N–H and O–H groups in total. The molecule has 150 valence electrons. The van der Waals surface area contributed by atoms with Gasteiger partial charge in [-0.25, -0.2) is 4.79 Å². The van der Waals surface area contributed by atoms with Crippen LogP contribution in [0.1, 0.15) is 38.5 Å². The van der Waals surface area contributed by atoms with Crippen molar-refractivity contribution >= 4 is 11.7 Å². The molecule has 3 heterocycles. The van der Waals surface area contributed by atoms with Crippen molar-refractivity contribution in [3.05, 3.63) is 35.9 Å². The van der Waals surface area contributed by atoms with Crippen molar-refractivity contribution in [2.24, 2.45) is 11.8 Å². The van der Waals surface area contributed by atoms with E-state index in [9.17, 15) is 4.79 Å². The van der Waals surface area contributed by atoms with E-state index in [0.29, 0.717) is 11.8 Å². The minimum Gasteiger partial charge on any atom is -0.497 e. The maximum atomic E-state index is 13.2. The molecule has 0 radical (unpaired) electrons. The number of ether oxygens (including phenoxy) is 1. The largest absolute Gasteiger partial charge is 0.497 e. The molecule has 5 nitrogen and oxygen atoms in total. The molecule has 0 saturated carbocycles. The molecule has 4 aliphatic rings. The fourth-order valence-electron chi connectivity index (χ4n) is 6.07. The summed E-state index contributed by atoms with van der Waals surface area (Å²) in [4.78, 5) is 18.0. The van der Waals surface area contributed by atoms with Crippen LogP contribution in [0.3, 0.4) is 0 Å². The minimum absolute atomic E-state index is 0.0417. The first kappa shape index (κ1) is 18.0. The Hall–Kier alpha value is -2.01. The van der Waals surface area contributed by atoms with Crippen LogP contribution in [0, 0.1) is 11.8 Å². The quantitative estimate of drug-likeness (QED) is 0.784. The van der Waals surface area contributed by atoms with Gasteiger partial charge in [-0.2, -0.15) is 0 Å². The molecule has 3 saturated heterocycles. The van der Waals surface area contributed by atoms with Crippen molar-refractivity contribution in [1.82, 2.24) is 9.80 Å². The van der Waals surface area contributed by atoms with Gasteiger partial charge in [0.1, 0.15) is 5.75 Å². The van der Waals surface area contributed by atoms with Gasteiger partial charge in [0.2, 0.25) is 0 Å². The number of carbonyl (C=O) groups is 1. The Kier molecular flexibility index (Phi) is 4.79. The summed E-state index contributed by atoms with van der Waals surface area (Å²) in [5, 5.41) is 3.12. The Bertz CT molecular complexity index is 760. The summed E-state index contributed by atoms with van der Waals surface area (Å²) in [6.07, 6.45) is 10.1. The lowest BCUT2D eigenvalue weighted by Gasteiger charge is -2.54. The summed E-state index contributed by atoms with van der Waals surface area (Å²) in [7, 11) is 1.66. The second kappa shape index (κ2) is 7.43. The lowest BCUT2D eigenvalue weighted by molar-refractivity contribution is 0.00908. The third-order valence-electron chi connectivity index (χ3n) is 7.26. The van der Waals surface area contributed by atoms with Crippen LogP contribution in [-0.4, -0.2) is 54.7 Å². The highest BCUT2D eigenvalue weighted by Gasteiger charge is 2.46. The number of piperidine rings is 3. The first-order valence-electron chi connectivity index (χ1n) is 10.9. The monoisotopic (exact) mass is 381 g/mol. The molecule has 2 amide bonds. The molecule has 5 rings (SSSR count). The van der Waals surface area contributed by atoms with E-state index in [4.69, 9.17) is 4.74 Å². The zero-order chi connectivity index (χ0) is 19.1. The van der Waals surface area contributed by atoms with Crippen LogP contribution < -0.4 is 10.1 Å². The molecular weight excluding hydrogens is 350 g/mol. The molecule has 2 bridgehead atoms. The highest BCUT2D eigenvalue weighted by atomic mass is 16.5. The number of nitrogens with one attached hydrogen (secondary N) is 1. The van der Waals surface area contributed by atoms with E-state index >= 15 is 0 Å². The molecule has 1 aromatic rings. The van der Waals surface area contributed by atoms with Gasteiger partial charge >= 0.3 is 6.03 Å². The molecule has 3 aliphatic heterocycles. The van der Waals surface area contributed by atoms with E-state index in [1.54, 1.807) is 7.11 Å². The van der Waals surface area contributed by atoms with Crippen LogP contribution in [0.4, 0.5) is 10.5 Å². The maximum absolute atomic E-state index is 13.2. The van der Waals surface area contributed by atoms with E-state index in [1.165, 1.54) is 37.8 Å². The summed E-state index contributed by atoms with van der Waals surface area (Å²) in [6.45, 7) is 3.26. The lowest BCUT2D eigenvalue weighted by Crippen LogP contribution is -2.60. The third kappa shape index (κ3) is 3.20. The van der Waals surface area contributed by atoms with E-state index in [-0.39, 0.29) is 12.1 Å². The Morgan fingerprint density at radius 2 is 2.00 bits per heavy atom. The SMILES string of the molecule is COc1ccc(NC(=O)N2CCCC3=C[C@H]4C[C@H](CN5CCCC[C@@H]45)[C@@H]32)cc1. The third-order valence-corrected chi connectivity index (χ3v) is 7.26. The van der Waals surface area contributed by atoms with Crippen molar-refractivity contribution in [1.29, 1.82) is 0 Å². The van der Waals surface area contributed by atoms with Crippen molar-refractivity contribution in [3.63, 3.8) is 0 Å². The average Bonchev–Trinajstić information content (AvgIpc) is 2.74. The van der Waals surface area contributed by atoms with Crippen molar-refractivity contribution in [3.8, 4) is 5.75 Å². The van der Waals surface area contributed by atoms with Crippen molar-refractivity contribution in [2.45, 2.75) is 50.6 Å². The second-order valence-electron chi connectivity index (χ2n) is 8.86. The lowest BCUT2D eigenvalue weighted by atomic mass is 9.68. The number of methoxy groups -OCH3 is 1. The number of rotatable bonds is 2. The Labute approximate surface area is 167 Å². The van der Waals surface area contributed by atoms with Gasteiger partial charge in [0, 0.05) is 24.8 Å². The van der Waals surface area contributed by atoms with Crippen molar-refractivity contribution in [2.75, 3.05) is 32.1 Å². The van der Waals surface area contributed by atoms with E-state index < -0.39 is 0 Å². The summed E-state index contributed by atoms with van der Waals surface area (Å²) < 4.78 is 5.21. The number of anilines is 1. The van der Waals surface area contributed by atoms with Crippen LogP contribution >= 0.6 is 0 Å². The van der Waals surface area contributed by atoms with E-state index in [2.05, 4.69) is 21.2 Å². The van der Waals surface area contributed by atoms with Crippen LogP contribution in [0.5, 0.6) is 5.75 Å². The molecule has 5 heteroatoms. The van der Waals surface area contributed by atoms with Crippen LogP contribution in [-0.2, 0) is 0 Å². The molecule has 4 atom stereocenters. The fourth-order valence-corrected chi connectivity index (χ4v) is 6.07. The zero-order valence-corrected chi connectivity index (χ0v) is 16.8. The number of fused-ring (bicyclic) bond motifs is 6. The van der Waals surface area contributed by atoms with Gasteiger partial charge in [-0.3, -0.25) is 4.90 Å². The minimum atomic E-state index is 0.0417. The predicted molar refractivity (Wildman–Crippen MR) is 111 cm³/mol. The Morgan fingerprint density at radius 1 is 1.14 bits per heavy atom. The molecule has 3 fully saturated rings. The normalized spacial score (nSPS) is 32.0. The summed E-state index contributed by atoms with van der Waals surface area (Å²) >= 11 is 0. The van der Waals surface area contributed by atoms with Gasteiger partial charge in [-0.15, -0.1) is 0 Å². The van der Waals surface area contributed by atoms with Crippen LogP contribution in [0.25, 0.3) is 0 Å². The van der Waals surface area contributed by atoms with Gasteiger partial charge in [-0.1, -0.05) is 18.1 Å². The molecule has 0 unspecified atom stereocenters. The van der Waals surface area contributed by atoms with Gasteiger partial charge in [0.25, 0.3) is 0 Å². The number of nitrogens with zero attached hydrogens (tertiary/aromatic N) is 2. The summed E-state index contributed by atoms with van der Waals surface area (Å²) in [5.74, 6) is 2.09. The van der Waals surface area contributed by atoms with Crippen LogP contribution in [0.15, 0.2) is 35.9 Å². The van der Waals surface area contributed by atoms with Gasteiger partial charge in [0.15, 0.2) is 0 Å². The van der Waals surface area contributed by atoms with Crippen molar-refractivity contribution < 1.29 is 9.53 Å². The standard InChI is InChI=1S/C23H31N3O2/c1-28-20-9-7-19(8-10-20)24-23(27)26-12-4-5-16-13-17-14-18(22(16)26)15-25-11-3-2-6-21(17)25/h7-10,13,17-18,21-22H,2-6,11-12,14-15H2,1H3,(H,24,27)/t17-,18+,21-,22+/m0/s1. The highest BCUT2D eigenvalue weighted by molar-refractivity contribution is 5.90. The number of hydrogen-bond donors (Lipinski definition) is 1. The second-order valence-corrected chi connectivity index (χ2v) is 8.86. The summed E-state index contributed by atoms with van der Waals surface area (Å²) in [6, 6.07) is 8.67. The molecule has 1 aliphatic carbocycles. The Morgan fingerprint density at radius 3 is 2.82 bits per heavy atom. The summed E-state index contributed by atoms with van der Waals surface area (Å²) in [5.41, 5.74) is 2.36. The van der Waals surface area contributed by atoms with Gasteiger partial charge in [-0.05, 0) is 74.8 Å². The highest BCUT2D eigenvalue weighted by Crippen LogP contribution is 2.45. The number of amides is 2. The first-order valence-corrected chi connectivity index (χ1v) is 10.9.